The minimum atomic E-state index is 0.281. The molecule has 0 spiro atoms. The van der Waals surface area contributed by atoms with Gasteiger partial charge in [-0.05, 0) is 42.7 Å². The van der Waals surface area contributed by atoms with E-state index in [1.54, 1.807) is 0 Å². The van der Waals surface area contributed by atoms with E-state index in [4.69, 9.17) is 0 Å². The molecule has 0 aliphatic heterocycles. The second kappa shape index (κ2) is 5.57. The summed E-state index contributed by atoms with van der Waals surface area (Å²) in [6.07, 6.45) is 7.71. The number of aliphatic imine (C=N–C) groups is 1. The summed E-state index contributed by atoms with van der Waals surface area (Å²) in [6, 6.07) is 3.86. The molecule has 1 aromatic rings. The lowest BCUT2D eigenvalue weighted by Gasteiger charge is -2.11. The molecule has 3 heteroatoms. The molecular formula is C16H18N2O. The first-order valence-electron chi connectivity index (χ1n) is 6.20. The first-order valence-corrected chi connectivity index (χ1v) is 6.20. The van der Waals surface area contributed by atoms with Crippen LogP contribution in [0.2, 0.25) is 0 Å². The molecule has 1 aliphatic carbocycles. The number of nitrogens with zero attached hydrogens (tertiary/aromatic N) is 1. The molecule has 2 rings (SSSR count). The van der Waals surface area contributed by atoms with Gasteiger partial charge in [0.1, 0.15) is 12.4 Å². The smallest absolute Gasteiger partial charge is 0.141 e. The van der Waals surface area contributed by atoms with Crippen LogP contribution < -0.4 is 5.32 Å². The van der Waals surface area contributed by atoms with Gasteiger partial charge < -0.3 is 10.4 Å². The Kier molecular flexibility index (Phi) is 3.85. The number of aryl methyl sites for hydroxylation is 2. The highest BCUT2D eigenvalue weighted by Crippen LogP contribution is 2.28. The van der Waals surface area contributed by atoms with E-state index < -0.39 is 0 Å². The summed E-state index contributed by atoms with van der Waals surface area (Å²) in [5.74, 6) is 0.281. The summed E-state index contributed by atoms with van der Waals surface area (Å²) in [4.78, 5) is 4.42. The van der Waals surface area contributed by atoms with Gasteiger partial charge in [0.25, 0.3) is 0 Å². The lowest BCUT2D eigenvalue weighted by atomic mass is 10.1. The van der Waals surface area contributed by atoms with Crippen LogP contribution in [-0.2, 0) is 0 Å². The Bertz CT molecular complexity index is 595. The highest BCUT2D eigenvalue weighted by Gasteiger charge is 2.05. The number of phenolic OH excluding ortho intramolecular Hbond substituents is 1. The molecular weight excluding hydrogens is 236 g/mol. The predicted molar refractivity (Wildman–Crippen MR) is 80.9 cm³/mol. The average molecular weight is 254 g/mol. The first-order chi connectivity index (χ1) is 9.08. The van der Waals surface area contributed by atoms with E-state index in [-0.39, 0.29) is 5.75 Å². The number of benzene rings is 1. The number of aromatic hydroxyl groups is 1. The number of allylic oxidation sites excluding steroid dienone is 5. The fourth-order valence-electron chi connectivity index (χ4n) is 1.97. The zero-order valence-corrected chi connectivity index (χ0v) is 11.3. The first kappa shape index (κ1) is 13.1. The zero-order valence-electron chi connectivity index (χ0n) is 11.3. The van der Waals surface area contributed by atoms with Gasteiger partial charge in [-0.15, -0.1) is 0 Å². The zero-order chi connectivity index (χ0) is 13.8. The van der Waals surface area contributed by atoms with Crippen LogP contribution >= 0.6 is 0 Å². The van der Waals surface area contributed by atoms with Crippen molar-refractivity contribution in [3.05, 3.63) is 59.7 Å². The number of phenols is 1. The van der Waals surface area contributed by atoms with Crippen molar-refractivity contribution >= 4 is 11.4 Å². The van der Waals surface area contributed by atoms with Crippen LogP contribution in [0.5, 0.6) is 5.75 Å². The van der Waals surface area contributed by atoms with Crippen molar-refractivity contribution < 1.29 is 5.11 Å². The molecule has 0 heterocycles. The maximum Gasteiger partial charge on any atom is 0.141 e. The van der Waals surface area contributed by atoms with Crippen molar-refractivity contribution in [2.75, 3.05) is 12.0 Å². The number of nitrogens with one attached hydrogen (secondary N) is 1. The van der Waals surface area contributed by atoms with Crippen molar-refractivity contribution in [3.63, 3.8) is 0 Å². The van der Waals surface area contributed by atoms with E-state index in [2.05, 4.69) is 16.9 Å². The van der Waals surface area contributed by atoms with Crippen molar-refractivity contribution in [2.24, 2.45) is 4.99 Å². The van der Waals surface area contributed by atoms with Gasteiger partial charge in [-0.25, -0.2) is 0 Å². The molecule has 1 aromatic carbocycles. The highest BCUT2D eigenvalue weighted by atomic mass is 16.3. The van der Waals surface area contributed by atoms with Gasteiger partial charge in [-0.1, -0.05) is 30.9 Å². The Morgan fingerprint density at radius 1 is 1.21 bits per heavy atom. The molecule has 0 fully saturated rings. The van der Waals surface area contributed by atoms with Crippen molar-refractivity contribution in [3.8, 4) is 5.75 Å². The molecule has 19 heavy (non-hydrogen) atoms. The van der Waals surface area contributed by atoms with Crippen molar-refractivity contribution in [1.29, 1.82) is 0 Å². The standard InChI is InChI=1S/C16H18N2O/c1-11-8-13(3)16(19)15(9-11)18-10-17-14-7-5-4-6-12(14)2/h4-9,18-19H,2,10H2,1,3H3/b17-14-. The van der Waals surface area contributed by atoms with Gasteiger partial charge in [0.2, 0.25) is 0 Å². The van der Waals surface area contributed by atoms with Crippen LogP contribution in [0.15, 0.2) is 53.6 Å². The predicted octanol–water partition coefficient (Wildman–Crippen LogP) is 3.50. The van der Waals surface area contributed by atoms with E-state index in [9.17, 15) is 5.11 Å². The largest absolute Gasteiger partial charge is 0.506 e. The summed E-state index contributed by atoms with van der Waals surface area (Å²) >= 11 is 0. The van der Waals surface area contributed by atoms with Crippen molar-refractivity contribution in [2.45, 2.75) is 13.8 Å². The van der Waals surface area contributed by atoms with Gasteiger partial charge in [0.15, 0.2) is 0 Å². The molecule has 0 aromatic heterocycles. The molecule has 0 saturated carbocycles. The topological polar surface area (TPSA) is 44.6 Å². The highest BCUT2D eigenvalue weighted by molar-refractivity contribution is 6.11. The Morgan fingerprint density at radius 2 is 1.95 bits per heavy atom. The summed E-state index contributed by atoms with van der Waals surface area (Å²) < 4.78 is 0. The normalized spacial score (nSPS) is 16.1. The quantitative estimate of drug-likeness (QED) is 0.811. The maximum atomic E-state index is 9.96. The SMILES string of the molecule is C=C1C=CC=C/C1=N/CNc1cc(C)cc(C)c1O. The van der Waals surface area contributed by atoms with Crippen LogP contribution in [0, 0.1) is 13.8 Å². The third-order valence-electron chi connectivity index (χ3n) is 2.96. The minimum Gasteiger partial charge on any atom is -0.506 e. The third-order valence-corrected chi connectivity index (χ3v) is 2.96. The summed E-state index contributed by atoms with van der Waals surface area (Å²) in [5, 5.41) is 13.1. The third kappa shape index (κ3) is 3.13. The van der Waals surface area contributed by atoms with Gasteiger partial charge in [-0.2, -0.15) is 0 Å². The summed E-state index contributed by atoms with van der Waals surface area (Å²) in [6.45, 7) is 8.21. The van der Waals surface area contributed by atoms with E-state index in [0.29, 0.717) is 12.4 Å². The molecule has 0 unspecified atom stereocenters. The number of hydrogen-bond donors (Lipinski definition) is 2. The van der Waals surface area contributed by atoms with Crippen LogP contribution in [0.25, 0.3) is 0 Å². The molecule has 98 valence electrons. The minimum absolute atomic E-state index is 0.281. The summed E-state index contributed by atoms with van der Waals surface area (Å²) in [5.41, 5.74) is 4.44. The second-order valence-electron chi connectivity index (χ2n) is 4.60. The van der Waals surface area contributed by atoms with Crippen LogP contribution in [0.1, 0.15) is 11.1 Å². The van der Waals surface area contributed by atoms with Crippen LogP contribution in [0.3, 0.4) is 0 Å². The monoisotopic (exact) mass is 254 g/mol. The van der Waals surface area contributed by atoms with Gasteiger partial charge >= 0.3 is 0 Å². The second-order valence-corrected chi connectivity index (χ2v) is 4.60. The average Bonchev–Trinajstić information content (AvgIpc) is 2.37. The van der Waals surface area contributed by atoms with E-state index in [1.807, 2.05) is 50.3 Å². The van der Waals surface area contributed by atoms with Gasteiger partial charge in [0.05, 0.1) is 11.4 Å². The fraction of sp³-hybridized carbons (Fsp3) is 0.188. The Morgan fingerprint density at radius 3 is 2.68 bits per heavy atom. The molecule has 1 aliphatic rings. The molecule has 0 atom stereocenters. The Balaban J connectivity index is 2.08. The van der Waals surface area contributed by atoms with Crippen LogP contribution in [-0.4, -0.2) is 17.5 Å². The molecule has 0 saturated heterocycles. The van der Waals surface area contributed by atoms with E-state index >= 15 is 0 Å². The summed E-state index contributed by atoms with van der Waals surface area (Å²) in [7, 11) is 0. The molecule has 2 N–H and O–H groups in total. The molecule has 0 radical (unpaired) electrons. The molecule has 0 amide bonds. The fourth-order valence-corrected chi connectivity index (χ4v) is 1.97. The Hall–Kier alpha value is -2.29. The molecule has 3 nitrogen and oxygen atoms in total. The maximum absolute atomic E-state index is 9.96. The van der Waals surface area contributed by atoms with E-state index in [0.717, 1.165) is 22.4 Å². The lowest BCUT2D eigenvalue weighted by molar-refractivity contribution is 0.473. The lowest BCUT2D eigenvalue weighted by Crippen LogP contribution is -2.06. The number of rotatable bonds is 3. The molecule has 0 bridgehead atoms. The van der Waals surface area contributed by atoms with Gasteiger partial charge in [0, 0.05) is 0 Å². The van der Waals surface area contributed by atoms with Crippen molar-refractivity contribution in [1.82, 2.24) is 0 Å². The number of hydrogen-bond acceptors (Lipinski definition) is 3. The Labute approximate surface area is 113 Å². The van der Waals surface area contributed by atoms with Crippen LogP contribution in [0.4, 0.5) is 5.69 Å². The van der Waals surface area contributed by atoms with Gasteiger partial charge in [-0.3, -0.25) is 4.99 Å². The number of anilines is 1. The van der Waals surface area contributed by atoms with E-state index in [1.165, 1.54) is 0 Å².